The van der Waals surface area contributed by atoms with Gasteiger partial charge in [-0.3, -0.25) is 4.79 Å². The van der Waals surface area contributed by atoms with E-state index in [2.05, 4.69) is 0 Å². The van der Waals surface area contributed by atoms with Crippen LogP contribution in [0.1, 0.15) is 27.8 Å². The van der Waals surface area contributed by atoms with Crippen LogP contribution in [0.4, 0.5) is 8.78 Å². The highest BCUT2D eigenvalue weighted by molar-refractivity contribution is 5.83. The van der Waals surface area contributed by atoms with Crippen LogP contribution in [0, 0.1) is 32.4 Å². The van der Waals surface area contributed by atoms with Crippen molar-refractivity contribution in [3.63, 3.8) is 0 Å². The summed E-state index contributed by atoms with van der Waals surface area (Å²) in [5.74, 6) is -1.52. The summed E-state index contributed by atoms with van der Waals surface area (Å²) in [6.45, 7) is 5.90. The van der Waals surface area contributed by atoms with E-state index in [0.29, 0.717) is 0 Å². The lowest BCUT2D eigenvalue weighted by molar-refractivity contribution is -0.117. The fraction of sp³-hybridized carbons (Fsp3) is 0.278. The summed E-state index contributed by atoms with van der Waals surface area (Å²) >= 11 is 0. The lowest BCUT2D eigenvalue weighted by Gasteiger charge is -2.11. The second-order valence-corrected chi connectivity index (χ2v) is 5.47. The van der Waals surface area contributed by atoms with Gasteiger partial charge in [-0.1, -0.05) is 23.8 Å². The lowest BCUT2D eigenvalue weighted by atomic mass is 9.94. The molecule has 110 valence electrons. The van der Waals surface area contributed by atoms with Gasteiger partial charge in [-0.05, 0) is 49.6 Å². The number of hydrogen-bond acceptors (Lipinski definition) is 1. The van der Waals surface area contributed by atoms with Crippen LogP contribution >= 0.6 is 0 Å². The van der Waals surface area contributed by atoms with Crippen molar-refractivity contribution in [1.29, 1.82) is 0 Å². The zero-order chi connectivity index (χ0) is 15.6. The van der Waals surface area contributed by atoms with Gasteiger partial charge in [0.2, 0.25) is 0 Å². The molecule has 0 aliphatic rings. The number of ketones is 1. The topological polar surface area (TPSA) is 17.1 Å². The van der Waals surface area contributed by atoms with Gasteiger partial charge in [-0.15, -0.1) is 0 Å². The maximum absolute atomic E-state index is 13.6. The van der Waals surface area contributed by atoms with Crippen molar-refractivity contribution in [2.24, 2.45) is 0 Å². The van der Waals surface area contributed by atoms with E-state index in [1.54, 1.807) is 0 Å². The molecule has 0 bridgehead atoms. The van der Waals surface area contributed by atoms with Crippen molar-refractivity contribution >= 4 is 5.78 Å². The fourth-order valence-electron chi connectivity index (χ4n) is 2.65. The minimum Gasteiger partial charge on any atom is -0.299 e. The molecule has 0 unspecified atom stereocenters. The predicted octanol–water partition coefficient (Wildman–Crippen LogP) is 4.24. The van der Waals surface area contributed by atoms with Crippen LogP contribution in [-0.4, -0.2) is 5.78 Å². The smallest absolute Gasteiger partial charge is 0.141 e. The highest BCUT2D eigenvalue weighted by atomic mass is 19.1. The van der Waals surface area contributed by atoms with Gasteiger partial charge in [0.05, 0.1) is 0 Å². The second kappa shape index (κ2) is 6.17. The third-order valence-electron chi connectivity index (χ3n) is 3.65. The molecule has 0 amide bonds. The van der Waals surface area contributed by atoms with Crippen molar-refractivity contribution in [3.8, 4) is 0 Å². The Hall–Kier alpha value is -2.03. The summed E-state index contributed by atoms with van der Waals surface area (Å²) in [7, 11) is 0. The van der Waals surface area contributed by atoms with Crippen molar-refractivity contribution in [3.05, 3.63) is 69.8 Å². The molecule has 0 aliphatic heterocycles. The van der Waals surface area contributed by atoms with E-state index in [0.717, 1.165) is 22.3 Å². The van der Waals surface area contributed by atoms with Gasteiger partial charge in [0.1, 0.15) is 17.4 Å². The maximum atomic E-state index is 13.6. The number of benzene rings is 2. The van der Waals surface area contributed by atoms with Crippen LogP contribution in [0.2, 0.25) is 0 Å². The summed E-state index contributed by atoms with van der Waals surface area (Å²) < 4.78 is 27.1. The molecule has 0 spiro atoms. The Bertz CT molecular complexity index is 646. The SMILES string of the molecule is Cc1cc(C)c(CC(=O)Cc2c(F)cccc2F)c(C)c1. The van der Waals surface area contributed by atoms with Gasteiger partial charge >= 0.3 is 0 Å². The molecular formula is C18H18F2O. The van der Waals surface area contributed by atoms with Gasteiger partial charge in [0, 0.05) is 18.4 Å². The first-order valence-corrected chi connectivity index (χ1v) is 6.90. The largest absolute Gasteiger partial charge is 0.299 e. The van der Waals surface area contributed by atoms with Gasteiger partial charge < -0.3 is 0 Å². The summed E-state index contributed by atoms with van der Waals surface area (Å²) in [6, 6.07) is 7.67. The molecule has 0 radical (unpaired) electrons. The van der Waals surface area contributed by atoms with Crippen LogP contribution in [0.5, 0.6) is 0 Å². The molecule has 2 rings (SSSR count). The van der Waals surface area contributed by atoms with E-state index in [1.165, 1.54) is 18.2 Å². The molecule has 0 N–H and O–H groups in total. The van der Waals surface area contributed by atoms with Gasteiger partial charge in [-0.25, -0.2) is 8.78 Å². The van der Waals surface area contributed by atoms with E-state index in [4.69, 9.17) is 0 Å². The maximum Gasteiger partial charge on any atom is 0.141 e. The Balaban J connectivity index is 2.20. The van der Waals surface area contributed by atoms with Crippen LogP contribution < -0.4 is 0 Å². The van der Waals surface area contributed by atoms with Crippen molar-refractivity contribution in [2.45, 2.75) is 33.6 Å². The molecule has 2 aromatic rings. The number of carbonyl (C=O) groups is 1. The zero-order valence-electron chi connectivity index (χ0n) is 12.5. The molecule has 0 saturated heterocycles. The first-order chi connectivity index (χ1) is 9.88. The minimum atomic E-state index is -0.666. The average molecular weight is 288 g/mol. The van der Waals surface area contributed by atoms with Gasteiger partial charge in [0.25, 0.3) is 0 Å². The summed E-state index contributed by atoms with van der Waals surface area (Å²) in [5, 5.41) is 0. The fourth-order valence-corrected chi connectivity index (χ4v) is 2.65. The van der Waals surface area contributed by atoms with Gasteiger partial charge in [-0.2, -0.15) is 0 Å². The minimum absolute atomic E-state index is 0.148. The molecule has 0 aliphatic carbocycles. The molecule has 0 heterocycles. The number of halogens is 2. The van der Waals surface area contributed by atoms with Crippen LogP contribution in [0.25, 0.3) is 0 Å². The molecule has 2 aromatic carbocycles. The molecule has 1 nitrogen and oxygen atoms in total. The number of hydrogen-bond donors (Lipinski definition) is 0. The Labute approximate surface area is 123 Å². The lowest BCUT2D eigenvalue weighted by Crippen LogP contribution is -2.11. The van der Waals surface area contributed by atoms with Crippen LogP contribution in [0.15, 0.2) is 30.3 Å². The normalized spacial score (nSPS) is 10.7. The molecule has 0 atom stereocenters. The Morgan fingerprint density at radius 1 is 0.905 bits per heavy atom. The Morgan fingerprint density at radius 2 is 1.38 bits per heavy atom. The highest BCUT2D eigenvalue weighted by Gasteiger charge is 2.15. The number of rotatable bonds is 4. The van der Waals surface area contributed by atoms with Crippen molar-refractivity contribution in [1.82, 2.24) is 0 Å². The Morgan fingerprint density at radius 3 is 1.90 bits per heavy atom. The molecule has 0 aromatic heterocycles. The summed E-state index contributed by atoms with van der Waals surface area (Å²) in [5.41, 5.74) is 4.01. The number of carbonyl (C=O) groups excluding carboxylic acids is 1. The van der Waals surface area contributed by atoms with E-state index in [-0.39, 0.29) is 24.2 Å². The predicted molar refractivity (Wildman–Crippen MR) is 79.4 cm³/mol. The average Bonchev–Trinajstić information content (AvgIpc) is 2.38. The summed E-state index contributed by atoms with van der Waals surface area (Å²) in [6.07, 6.45) is -0.0169. The quantitative estimate of drug-likeness (QED) is 0.822. The molecular weight excluding hydrogens is 270 g/mol. The van der Waals surface area contributed by atoms with Crippen molar-refractivity contribution < 1.29 is 13.6 Å². The molecule has 0 fully saturated rings. The van der Waals surface area contributed by atoms with E-state index in [9.17, 15) is 13.6 Å². The monoisotopic (exact) mass is 288 g/mol. The first-order valence-electron chi connectivity index (χ1n) is 6.90. The third kappa shape index (κ3) is 3.54. The standard InChI is InChI=1S/C18H18F2O/c1-11-7-12(2)15(13(3)8-11)9-14(21)10-16-17(19)5-4-6-18(16)20/h4-8H,9-10H2,1-3H3. The van der Waals surface area contributed by atoms with Crippen molar-refractivity contribution in [2.75, 3.05) is 0 Å². The Kier molecular flexibility index (Phi) is 4.51. The summed E-state index contributed by atoms with van der Waals surface area (Å²) in [4.78, 5) is 12.1. The highest BCUT2D eigenvalue weighted by Crippen LogP contribution is 2.19. The number of Topliss-reactive ketones (excluding diaryl/α,β-unsaturated/α-hetero) is 1. The molecule has 21 heavy (non-hydrogen) atoms. The third-order valence-corrected chi connectivity index (χ3v) is 3.65. The van der Waals surface area contributed by atoms with Crippen LogP contribution in [0.3, 0.4) is 0 Å². The first kappa shape index (κ1) is 15.4. The van der Waals surface area contributed by atoms with E-state index >= 15 is 0 Å². The van der Waals surface area contributed by atoms with E-state index < -0.39 is 11.6 Å². The molecule has 0 saturated carbocycles. The molecule has 3 heteroatoms. The van der Waals surface area contributed by atoms with Crippen LogP contribution in [-0.2, 0) is 17.6 Å². The zero-order valence-corrected chi connectivity index (χ0v) is 12.5. The number of aryl methyl sites for hydroxylation is 3. The van der Waals surface area contributed by atoms with E-state index in [1.807, 2.05) is 32.9 Å². The second-order valence-electron chi connectivity index (χ2n) is 5.47. The van der Waals surface area contributed by atoms with Gasteiger partial charge in [0.15, 0.2) is 0 Å².